The van der Waals surface area contributed by atoms with Gasteiger partial charge in [-0.2, -0.15) is 4.80 Å². The number of rotatable bonds is 3. The fraction of sp³-hybridized carbons (Fsp3) is 0.200. The predicted octanol–water partition coefficient (Wildman–Crippen LogP) is 2.41. The number of amides is 1. The maximum atomic E-state index is 12.8. The third-order valence-electron chi connectivity index (χ3n) is 5.00. The van der Waals surface area contributed by atoms with Crippen molar-refractivity contribution < 1.29 is 4.79 Å². The highest BCUT2D eigenvalue weighted by molar-refractivity contribution is 5.86. The predicted molar refractivity (Wildman–Crippen MR) is 101 cm³/mol. The molecule has 0 spiro atoms. The molecule has 1 amide bonds. The Labute approximate surface area is 155 Å². The van der Waals surface area contributed by atoms with Crippen LogP contribution in [0.2, 0.25) is 0 Å². The molecule has 1 N–H and O–H groups in total. The molecule has 0 radical (unpaired) electrons. The van der Waals surface area contributed by atoms with Crippen LogP contribution < -0.4 is 0 Å². The van der Waals surface area contributed by atoms with E-state index in [0.717, 1.165) is 17.5 Å². The SMILES string of the molecule is O=C(Cn1nnc(-c2ccccc2)n1)N1CCc2[nH]c3ccccc3c2C1. The first-order valence-electron chi connectivity index (χ1n) is 8.97. The number of hydrogen-bond donors (Lipinski definition) is 1. The van der Waals surface area contributed by atoms with Gasteiger partial charge in [0.15, 0.2) is 0 Å². The van der Waals surface area contributed by atoms with Crippen molar-refractivity contribution in [2.45, 2.75) is 19.5 Å². The minimum atomic E-state index is 0.00272. The number of carbonyl (C=O) groups excluding carboxylic acids is 1. The minimum absolute atomic E-state index is 0.00272. The van der Waals surface area contributed by atoms with Crippen molar-refractivity contribution in [2.75, 3.05) is 6.54 Å². The van der Waals surface area contributed by atoms with Crippen LogP contribution in [0.5, 0.6) is 0 Å². The maximum Gasteiger partial charge on any atom is 0.246 e. The number of nitrogens with zero attached hydrogens (tertiary/aromatic N) is 5. The van der Waals surface area contributed by atoms with Crippen LogP contribution >= 0.6 is 0 Å². The van der Waals surface area contributed by atoms with Crippen LogP contribution in [-0.2, 0) is 24.3 Å². The first kappa shape index (κ1) is 15.7. The molecule has 1 aliphatic heterocycles. The second-order valence-corrected chi connectivity index (χ2v) is 6.70. The van der Waals surface area contributed by atoms with Gasteiger partial charge in [0.05, 0.1) is 0 Å². The van der Waals surface area contributed by atoms with E-state index in [1.807, 2.05) is 47.4 Å². The number of aromatic amines is 1. The molecule has 0 atom stereocenters. The van der Waals surface area contributed by atoms with Gasteiger partial charge >= 0.3 is 0 Å². The average Bonchev–Trinajstić information content (AvgIpc) is 3.32. The van der Waals surface area contributed by atoms with E-state index in [2.05, 4.69) is 32.5 Å². The fourth-order valence-electron chi connectivity index (χ4n) is 3.61. The Hall–Kier alpha value is -3.48. The van der Waals surface area contributed by atoms with Crippen molar-refractivity contribution >= 4 is 16.8 Å². The Morgan fingerprint density at radius 2 is 1.89 bits per heavy atom. The molecule has 3 heterocycles. The van der Waals surface area contributed by atoms with Crippen molar-refractivity contribution in [3.8, 4) is 11.4 Å². The first-order valence-corrected chi connectivity index (χ1v) is 8.97. The van der Waals surface area contributed by atoms with E-state index < -0.39 is 0 Å². The van der Waals surface area contributed by atoms with Crippen molar-refractivity contribution in [1.82, 2.24) is 30.1 Å². The van der Waals surface area contributed by atoms with Gasteiger partial charge in [0.2, 0.25) is 11.7 Å². The Balaban J connectivity index is 1.33. The Bertz CT molecular complexity index is 1110. The van der Waals surface area contributed by atoms with Gasteiger partial charge in [-0.05, 0) is 11.3 Å². The molecule has 0 unspecified atom stereocenters. The van der Waals surface area contributed by atoms with Crippen LogP contribution in [-0.4, -0.2) is 42.5 Å². The minimum Gasteiger partial charge on any atom is -0.358 e. The number of hydrogen-bond acceptors (Lipinski definition) is 4. The number of tetrazole rings is 1. The van der Waals surface area contributed by atoms with E-state index in [4.69, 9.17) is 0 Å². The smallest absolute Gasteiger partial charge is 0.246 e. The summed E-state index contributed by atoms with van der Waals surface area (Å²) in [5.74, 6) is 0.531. The largest absolute Gasteiger partial charge is 0.358 e. The van der Waals surface area contributed by atoms with Crippen LogP contribution in [0, 0.1) is 0 Å². The van der Waals surface area contributed by atoms with E-state index >= 15 is 0 Å². The van der Waals surface area contributed by atoms with Crippen molar-refractivity contribution in [2.24, 2.45) is 0 Å². The number of benzene rings is 2. The molecular formula is C20H18N6O. The van der Waals surface area contributed by atoms with Gasteiger partial charge in [-0.1, -0.05) is 48.5 Å². The van der Waals surface area contributed by atoms with Crippen molar-refractivity contribution in [3.05, 3.63) is 65.9 Å². The third kappa shape index (κ3) is 2.87. The maximum absolute atomic E-state index is 12.8. The van der Waals surface area contributed by atoms with Crippen LogP contribution in [0.25, 0.3) is 22.3 Å². The summed E-state index contributed by atoms with van der Waals surface area (Å²) in [5, 5.41) is 13.6. The molecule has 2 aromatic heterocycles. The summed E-state index contributed by atoms with van der Waals surface area (Å²) in [4.78, 5) is 19.5. The van der Waals surface area contributed by atoms with Gasteiger partial charge in [0.1, 0.15) is 6.54 Å². The highest BCUT2D eigenvalue weighted by Gasteiger charge is 2.24. The molecule has 7 heteroatoms. The van der Waals surface area contributed by atoms with Crippen LogP contribution in [0.3, 0.4) is 0 Å². The molecule has 134 valence electrons. The Kier molecular flexibility index (Phi) is 3.71. The highest BCUT2D eigenvalue weighted by Crippen LogP contribution is 2.27. The summed E-state index contributed by atoms with van der Waals surface area (Å²) in [7, 11) is 0. The highest BCUT2D eigenvalue weighted by atomic mass is 16.2. The van der Waals surface area contributed by atoms with Gasteiger partial charge < -0.3 is 9.88 Å². The summed E-state index contributed by atoms with van der Waals surface area (Å²) in [5.41, 5.74) is 4.45. The Morgan fingerprint density at radius 1 is 1.07 bits per heavy atom. The molecular weight excluding hydrogens is 340 g/mol. The lowest BCUT2D eigenvalue weighted by Crippen LogP contribution is -2.38. The number of carbonyl (C=O) groups is 1. The van der Waals surface area contributed by atoms with Crippen LogP contribution in [0.15, 0.2) is 54.6 Å². The molecule has 0 bridgehead atoms. The van der Waals surface area contributed by atoms with Crippen LogP contribution in [0.1, 0.15) is 11.3 Å². The molecule has 1 aliphatic rings. The fourth-order valence-corrected chi connectivity index (χ4v) is 3.61. The van der Waals surface area contributed by atoms with Gasteiger partial charge in [0.25, 0.3) is 0 Å². The second-order valence-electron chi connectivity index (χ2n) is 6.70. The van der Waals surface area contributed by atoms with E-state index in [9.17, 15) is 4.79 Å². The van der Waals surface area contributed by atoms with Crippen LogP contribution in [0.4, 0.5) is 0 Å². The zero-order valence-electron chi connectivity index (χ0n) is 14.7. The van der Waals surface area contributed by atoms with Gasteiger partial charge in [0, 0.05) is 47.2 Å². The summed E-state index contributed by atoms with van der Waals surface area (Å²) < 4.78 is 0. The first-order chi connectivity index (χ1) is 13.3. The second kappa shape index (κ2) is 6.35. The number of nitrogens with one attached hydrogen (secondary N) is 1. The lowest BCUT2D eigenvalue weighted by atomic mass is 10.0. The third-order valence-corrected chi connectivity index (χ3v) is 5.00. The molecule has 7 nitrogen and oxygen atoms in total. The summed E-state index contributed by atoms with van der Waals surface area (Å²) in [6, 6.07) is 17.9. The van der Waals surface area contributed by atoms with Gasteiger partial charge in [-0.25, -0.2) is 0 Å². The quantitative estimate of drug-likeness (QED) is 0.610. The lowest BCUT2D eigenvalue weighted by molar-refractivity contribution is -0.133. The van der Waals surface area contributed by atoms with E-state index in [0.29, 0.717) is 18.9 Å². The molecule has 2 aromatic carbocycles. The van der Waals surface area contributed by atoms with Gasteiger partial charge in [-0.3, -0.25) is 4.79 Å². The van der Waals surface area contributed by atoms with E-state index in [1.54, 1.807) is 0 Å². The lowest BCUT2D eigenvalue weighted by Gasteiger charge is -2.27. The standard InChI is InChI=1S/C20H18N6O/c27-19(13-26-23-20(22-24-26)14-6-2-1-3-7-14)25-11-10-18-16(12-25)15-8-4-5-9-17(15)21-18/h1-9,21H,10-13H2. The van der Waals surface area contributed by atoms with Crippen molar-refractivity contribution in [1.29, 1.82) is 0 Å². The molecule has 0 saturated heterocycles. The average molecular weight is 358 g/mol. The zero-order valence-corrected chi connectivity index (χ0v) is 14.7. The molecule has 4 aromatic rings. The van der Waals surface area contributed by atoms with Crippen molar-refractivity contribution in [3.63, 3.8) is 0 Å². The monoisotopic (exact) mass is 358 g/mol. The number of aromatic nitrogens is 5. The van der Waals surface area contributed by atoms with E-state index in [1.165, 1.54) is 21.4 Å². The number of para-hydroxylation sites is 1. The Morgan fingerprint density at radius 3 is 2.78 bits per heavy atom. The molecule has 5 rings (SSSR count). The molecule has 0 saturated carbocycles. The molecule has 0 aliphatic carbocycles. The molecule has 27 heavy (non-hydrogen) atoms. The number of fused-ring (bicyclic) bond motifs is 3. The molecule has 0 fully saturated rings. The number of H-pyrrole nitrogens is 1. The normalized spacial score (nSPS) is 13.7. The van der Waals surface area contributed by atoms with Gasteiger partial charge in [-0.15, -0.1) is 10.2 Å². The summed E-state index contributed by atoms with van der Waals surface area (Å²) >= 11 is 0. The summed E-state index contributed by atoms with van der Waals surface area (Å²) in [6.45, 7) is 1.40. The summed E-state index contributed by atoms with van der Waals surface area (Å²) in [6.07, 6.45) is 0.829. The zero-order chi connectivity index (χ0) is 18.2. The van der Waals surface area contributed by atoms with E-state index in [-0.39, 0.29) is 12.5 Å². The topological polar surface area (TPSA) is 79.7 Å².